The van der Waals surface area contributed by atoms with E-state index in [0.29, 0.717) is 19.4 Å². The van der Waals surface area contributed by atoms with Crippen molar-refractivity contribution >= 4 is 11.8 Å². The van der Waals surface area contributed by atoms with Crippen LogP contribution < -0.4 is 10.1 Å². The van der Waals surface area contributed by atoms with Crippen LogP contribution in [0.5, 0.6) is 5.75 Å². The maximum absolute atomic E-state index is 12.7. The molecule has 0 heterocycles. The molecule has 1 N–H and O–H groups in total. The first-order valence-electron chi connectivity index (χ1n) is 9.19. The monoisotopic (exact) mass is 348 g/mol. The second kappa shape index (κ2) is 10.7. The van der Waals surface area contributed by atoms with Crippen LogP contribution in [0.25, 0.3) is 0 Å². The molecule has 0 unspecified atom stereocenters. The minimum Gasteiger partial charge on any atom is -0.497 e. The Hall–Kier alpha value is -2.04. The molecule has 2 amide bonds. The quantitative estimate of drug-likeness (QED) is 0.704. The number of nitrogens with zero attached hydrogens (tertiary/aromatic N) is 1. The fourth-order valence-electron chi connectivity index (χ4n) is 2.69. The highest BCUT2D eigenvalue weighted by Gasteiger charge is 2.28. The number of carbonyl (C=O) groups excluding carboxylic acids is 2. The summed E-state index contributed by atoms with van der Waals surface area (Å²) in [6.07, 6.45) is 2.65. The molecule has 0 aliphatic heterocycles. The second-order valence-corrected chi connectivity index (χ2v) is 6.37. The topological polar surface area (TPSA) is 58.6 Å². The average molecular weight is 348 g/mol. The highest BCUT2D eigenvalue weighted by Crippen LogP contribution is 2.18. The van der Waals surface area contributed by atoms with Gasteiger partial charge >= 0.3 is 0 Å². The van der Waals surface area contributed by atoms with Crippen molar-refractivity contribution in [1.82, 2.24) is 10.2 Å². The lowest BCUT2D eigenvalue weighted by atomic mass is 10.1. The molecule has 140 valence electrons. The summed E-state index contributed by atoms with van der Waals surface area (Å²) in [5, 5.41) is 3.01. The molecular weight excluding hydrogens is 316 g/mol. The molecule has 1 aromatic carbocycles. The van der Waals surface area contributed by atoms with Gasteiger partial charge in [0, 0.05) is 19.0 Å². The molecule has 0 saturated heterocycles. The molecule has 1 aromatic rings. The number of rotatable bonds is 10. The normalized spacial score (nSPS) is 13.0. The smallest absolute Gasteiger partial charge is 0.243 e. The Labute approximate surface area is 151 Å². The third-order valence-corrected chi connectivity index (χ3v) is 4.34. The lowest BCUT2D eigenvalue weighted by Crippen LogP contribution is -2.50. The van der Waals surface area contributed by atoms with E-state index < -0.39 is 6.04 Å². The molecule has 0 spiro atoms. The molecule has 1 rings (SSSR count). The Morgan fingerprint density at radius 3 is 2.48 bits per heavy atom. The van der Waals surface area contributed by atoms with E-state index in [-0.39, 0.29) is 17.9 Å². The van der Waals surface area contributed by atoms with Gasteiger partial charge in [-0.25, -0.2) is 0 Å². The molecule has 0 aliphatic carbocycles. The SMILES string of the molecule is CCCC(=O)N(Cc1cccc(OC)c1)[C@H](CC)C(=O)N[C@@H](C)CC. The van der Waals surface area contributed by atoms with Crippen LogP contribution in [0.15, 0.2) is 24.3 Å². The van der Waals surface area contributed by atoms with E-state index in [0.717, 1.165) is 24.2 Å². The van der Waals surface area contributed by atoms with Crippen molar-refractivity contribution in [2.45, 2.75) is 72.0 Å². The molecule has 0 fully saturated rings. The maximum atomic E-state index is 12.7. The van der Waals surface area contributed by atoms with E-state index in [2.05, 4.69) is 5.32 Å². The summed E-state index contributed by atoms with van der Waals surface area (Å²) in [5.74, 6) is 0.679. The number of benzene rings is 1. The van der Waals surface area contributed by atoms with Gasteiger partial charge in [0.1, 0.15) is 11.8 Å². The van der Waals surface area contributed by atoms with E-state index in [4.69, 9.17) is 4.74 Å². The maximum Gasteiger partial charge on any atom is 0.243 e. The summed E-state index contributed by atoms with van der Waals surface area (Å²) >= 11 is 0. The lowest BCUT2D eigenvalue weighted by Gasteiger charge is -2.31. The van der Waals surface area contributed by atoms with Crippen molar-refractivity contribution in [3.63, 3.8) is 0 Å². The largest absolute Gasteiger partial charge is 0.497 e. The van der Waals surface area contributed by atoms with Gasteiger partial charge in [-0.2, -0.15) is 0 Å². The lowest BCUT2D eigenvalue weighted by molar-refractivity contribution is -0.141. The first-order chi connectivity index (χ1) is 12.0. The molecule has 0 aliphatic rings. The van der Waals surface area contributed by atoms with Crippen molar-refractivity contribution in [1.29, 1.82) is 0 Å². The fourth-order valence-corrected chi connectivity index (χ4v) is 2.69. The standard InChI is InChI=1S/C20H32N2O3/c1-6-10-19(23)22(14-16-11-9-12-17(13-16)25-5)18(8-3)20(24)21-15(4)7-2/h9,11-13,15,18H,6-8,10,14H2,1-5H3,(H,21,24)/t15-,18+/m0/s1. The predicted molar refractivity (Wildman–Crippen MR) is 100 cm³/mol. The van der Waals surface area contributed by atoms with Crippen molar-refractivity contribution in [3.05, 3.63) is 29.8 Å². The molecule has 5 nitrogen and oxygen atoms in total. The van der Waals surface area contributed by atoms with Crippen LogP contribution in [-0.2, 0) is 16.1 Å². The summed E-state index contributed by atoms with van der Waals surface area (Å²) in [4.78, 5) is 27.1. The number of carbonyl (C=O) groups is 2. The van der Waals surface area contributed by atoms with Crippen LogP contribution in [0.1, 0.15) is 58.9 Å². The molecule has 5 heteroatoms. The first-order valence-corrected chi connectivity index (χ1v) is 9.19. The van der Waals surface area contributed by atoms with Crippen LogP contribution in [0.3, 0.4) is 0 Å². The van der Waals surface area contributed by atoms with Crippen LogP contribution in [0.4, 0.5) is 0 Å². The van der Waals surface area contributed by atoms with Gasteiger partial charge in [-0.05, 0) is 43.9 Å². The number of hydrogen-bond donors (Lipinski definition) is 1. The Bertz CT molecular complexity index is 560. The van der Waals surface area contributed by atoms with Gasteiger partial charge in [-0.1, -0.05) is 32.9 Å². The van der Waals surface area contributed by atoms with E-state index in [1.807, 2.05) is 52.0 Å². The third-order valence-electron chi connectivity index (χ3n) is 4.34. The summed E-state index contributed by atoms with van der Waals surface area (Å²) < 4.78 is 5.26. The van der Waals surface area contributed by atoms with E-state index in [1.165, 1.54) is 0 Å². The molecule has 0 radical (unpaired) electrons. The van der Waals surface area contributed by atoms with E-state index in [1.54, 1.807) is 12.0 Å². The Balaban J connectivity index is 3.03. The van der Waals surface area contributed by atoms with Crippen LogP contribution in [0.2, 0.25) is 0 Å². The zero-order chi connectivity index (χ0) is 18.8. The first kappa shape index (κ1) is 21.0. The number of nitrogens with one attached hydrogen (secondary N) is 1. The van der Waals surface area contributed by atoms with Crippen molar-refractivity contribution in [3.8, 4) is 5.75 Å². The van der Waals surface area contributed by atoms with E-state index in [9.17, 15) is 9.59 Å². The van der Waals surface area contributed by atoms with Gasteiger partial charge in [-0.15, -0.1) is 0 Å². The highest BCUT2D eigenvalue weighted by molar-refractivity contribution is 5.87. The number of ether oxygens (including phenoxy) is 1. The number of methoxy groups -OCH3 is 1. The highest BCUT2D eigenvalue weighted by atomic mass is 16.5. The molecule has 0 bridgehead atoms. The summed E-state index contributed by atoms with van der Waals surface area (Å²) in [5.41, 5.74) is 0.957. The predicted octanol–water partition coefficient (Wildman–Crippen LogP) is 3.52. The summed E-state index contributed by atoms with van der Waals surface area (Å²) in [7, 11) is 1.62. The second-order valence-electron chi connectivity index (χ2n) is 6.37. The van der Waals surface area contributed by atoms with Crippen LogP contribution >= 0.6 is 0 Å². The van der Waals surface area contributed by atoms with Crippen LogP contribution in [-0.4, -0.2) is 35.9 Å². The van der Waals surface area contributed by atoms with Crippen LogP contribution in [0, 0.1) is 0 Å². The molecule has 2 atom stereocenters. The number of amides is 2. The van der Waals surface area contributed by atoms with Gasteiger partial charge in [0.25, 0.3) is 0 Å². The molecular formula is C20H32N2O3. The average Bonchev–Trinajstić information content (AvgIpc) is 2.61. The third kappa shape index (κ3) is 6.40. The zero-order valence-corrected chi connectivity index (χ0v) is 16.2. The van der Waals surface area contributed by atoms with Gasteiger partial charge in [0.2, 0.25) is 11.8 Å². The summed E-state index contributed by atoms with van der Waals surface area (Å²) in [6.45, 7) is 8.33. The van der Waals surface area contributed by atoms with Gasteiger partial charge in [0.05, 0.1) is 7.11 Å². The van der Waals surface area contributed by atoms with Gasteiger partial charge in [-0.3, -0.25) is 9.59 Å². The Kier molecular flexibility index (Phi) is 9.03. The molecule has 0 aromatic heterocycles. The minimum atomic E-state index is -0.459. The van der Waals surface area contributed by atoms with E-state index >= 15 is 0 Å². The Morgan fingerprint density at radius 1 is 1.20 bits per heavy atom. The van der Waals surface area contributed by atoms with Crippen molar-refractivity contribution < 1.29 is 14.3 Å². The molecule has 25 heavy (non-hydrogen) atoms. The van der Waals surface area contributed by atoms with Gasteiger partial charge < -0.3 is 15.0 Å². The molecule has 0 saturated carbocycles. The van der Waals surface area contributed by atoms with Crippen molar-refractivity contribution in [2.24, 2.45) is 0 Å². The van der Waals surface area contributed by atoms with Gasteiger partial charge in [0.15, 0.2) is 0 Å². The fraction of sp³-hybridized carbons (Fsp3) is 0.600. The summed E-state index contributed by atoms with van der Waals surface area (Å²) in [6, 6.07) is 7.27. The zero-order valence-electron chi connectivity index (χ0n) is 16.2. The van der Waals surface area contributed by atoms with Crippen molar-refractivity contribution in [2.75, 3.05) is 7.11 Å². The Morgan fingerprint density at radius 2 is 1.92 bits per heavy atom. The number of hydrogen-bond acceptors (Lipinski definition) is 3. The minimum absolute atomic E-state index is 0.0106.